The Balaban J connectivity index is 2.85. The van der Waals surface area contributed by atoms with E-state index in [-0.39, 0.29) is 11.7 Å². The molecule has 0 amide bonds. The summed E-state index contributed by atoms with van der Waals surface area (Å²) in [6, 6.07) is 4.62. The molecule has 0 saturated carbocycles. The van der Waals surface area contributed by atoms with E-state index in [2.05, 4.69) is 0 Å². The third kappa shape index (κ3) is 2.69. The molecule has 0 aliphatic carbocycles. The summed E-state index contributed by atoms with van der Waals surface area (Å²) in [5.41, 5.74) is 0.488. The van der Waals surface area contributed by atoms with Crippen molar-refractivity contribution in [1.29, 1.82) is 0 Å². The van der Waals surface area contributed by atoms with Crippen LogP contribution in [0.25, 0.3) is 0 Å². The summed E-state index contributed by atoms with van der Waals surface area (Å²) in [4.78, 5) is 0. The van der Waals surface area contributed by atoms with E-state index in [1.54, 1.807) is 19.1 Å². The molecule has 14 heavy (non-hydrogen) atoms. The second-order valence-electron chi connectivity index (χ2n) is 3.62. The van der Waals surface area contributed by atoms with Crippen LogP contribution in [0.15, 0.2) is 18.2 Å². The fourth-order valence-corrected chi connectivity index (χ4v) is 1.46. The highest BCUT2D eigenvalue weighted by Gasteiger charge is 2.14. The number of hydrogen-bond acceptors (Lipinski definition) is 1. The molecule has 1 nitrogen and oxygen atoms in total. The van der Waals surface area contributed by atoms with E-state index in [0.29, 0.717) is 17.0 Å². The molecule has 0 bridgehead atoms. The standard InChI is InChI=1S/C11H14ClFO/c1-7(8(2)14)6-9-10(12)4-3-5-11(9)13/h3-5,7-8,14H,6H2,1-2H3. The molecule has 0 fully saturated rings. The fraction of sp³-hybridized carbons (Fsp3) is 0.455. The van der Waals surface area contributed by atoms with Gasteiger partial charge in [0.2, 0.25) is 0 Å². The lowest BCUT2D eigenvalue weighted by Gasteiger charge is -2.15. The molecule has 2 atom stereocenters. The Kier molecular flexibility index (Phi) is 3.90. The molecule has 78 valence electrons. The number of benzene rings is 1. The summed E-state index contributed by atoms with van der Waals surface area (Å²) in [5, 5.41) is 9.73. The number of aliphatic hydroxyl groups is 1. The van der Waals surface area contributed by atoms with Crippen LogP contribution >= 0.6 is 11.6 Å². The second-order valence-corrected chi connectivity index (χ2v) is 4.03. The summed E-state index contributed by atoms with van der Waals surface area (Å²) in [6.45, 7) is 3.56. The van der Waals surface area contributed by atoms with Crippen molar-refractivity contribution in [3.63, 3.8) is 0 Å². The van der Waals surface area contributed by atoms with Crippen LogP contribution in [-0.2, 0) is 6.42 Å². The van der Waals surface area contributed by atoms with Crippen LogP contribution < -0.4 is 0 Å². The van der Waals surface area contributed by atoms with Crippen LogP contribution in [0.4, 0.5) is 4.39 Å². The van der Waals surface area contributed by atoms with Crippen molar-refractivity contribution in [2.45, 2.75) is 26.4 Å². The third-order valence-corrected chi connectivity index (χ3v) is 2.77. The molecule has 1 rings (SSSR count). The van der Waals surface area contributed by atoms with Crippen molar-refractivity contribution in [3.8, 4) is 0 Å². The first-order valence-electron chi connectivity index (χ1n) is 4.63. The quantitative estimate of drug-likeness (QED) is 0.824. The van der Waals surface area contributed by atoms with E-state index in [4.69, 9.17) is 11.6 Å². The van der Waals surface area contributed by atoms with Gasteiger partial charge < -0.3 is 5.11 Å². The molecular weight excluding hydrogens is 203 g/mol. The molecular formula is C11H14ClFO. The lowest BCUT2D eigenvalue weighted by atomic mass is 9.96. The molecule has 3 heteroatoms. The first-order chi connectivity index (χ1) is 6.52. The van der Waals surface area contributed by atoms with E-state index < -0.39 is 6.10 Å². The Morgan fingerprint density at radius 2 is 2.07 bits per heavy atom. The van der Waals surface area contributed by atoms with Gasteiger partial charge in [0, 0.05) is 10.6 Å². The van der Waals surface area contributed by atoms with Crippen LogP contribution in [0.5, 0.6) is 0 Å². The number of rotatable bonds is 3. The molecule has 1 aromatic carbocycles. The van der Waals surface area contributed by atoms with E-state index in [1.165, 1.54) is 6.07 Å². The third-order valence-electron chi connectivity index (χ3n) is 2.41. The molecule has 0 radical (unpaired) electrons. The van der Waals surface area contributed by atoms with Gasteiger partial charge in [-0.1, -0.05) is 24.6 Å². The van der Waals surface area contributed by atoms with Gasteiger partial charge in [-0.3, -0.25) is 0 Å². The number of aliphatic hydroxyl groups excluding tert-OH is 1. The molecule has 1 aromatic rings. The van der Waals surface area contributed by atoms with Crippen molar-refractivity contribution in [1.82, 2.24) is 0 Å². The highest BCUT2D eigenvalue weighted by Crippen LogP contribution is 2.23. The number of hydrogen-bond donors (Lipinski definition) is 1. The minimum atomic E-state index is -0.453. The monoisotopic (exact) mass is 216 g/mol. The molecule has 2 unspecified atom stereocenters. The van der Waals surface area contributed by atoms with Crippen molar-refractivity contribution in [2.24, 2.45) is 5.92 Å². The topological polar surface area (TPSA) is 20.2 Å². The first kappa shape index (κ1) is 11.5. The lowest BCUT2D eigenvalue weighted by molar-refractivity contribution is 0.134. The molecule has 0 aliphatic rings. The van der Waals surface area contributed by atoms with Crippen molar-refractivity contribution < 1.29 is 9.50 Å². The SMILES string of the molecule is CC(O)C(C)Cc1c(F)cccc1Cl. The summed E-state index contributed by atoms with van der Waals surface area (Å²) >= 11 is 5.86. The Morgan fingerprint density at radius 1 is 1.43 bits per heavy atom. The predicted molar refractivity (Wildman–Crippen MR) is 56.0 cm³/mol. The summed E-state index contributed by atoms with van der Waals surface area (Å²) < 4.78 is 13.3. The minimum Gasteiger partial charge on any atom is -0.393 e. The van der Waals surface area contributed by atoms with E-state index in [9.17, 15) is 9.50 Å². The van der Waals surface area contributed by atoms with E-state index in [1.807, 2.05) is 6.92 Å². The molecule has 0 spiro atoms. The zero-order valence-corrected chi connectivity index (χ0v) is 9.05. The van der Waals surface area contributed by atoms with Crippen molar-refractivity contribution >= 4 is 11.6 Å². The van der Waals surface area contributed by atoms with E-state index in [0.717, 1.165) is 0 Å². The zero-order chi connectivity index (χ0) is 10.7. The largest absolute Gasteiger partial charge is 0.393 e. The highest BCUT2D eigenvalue weighted by atomic mass is 35.5. The molecule has 0 saturated heterocycles. The lowest BCUT2D eigenvalue weighted by Crippen LogP contribution is -2.16. The number of halogens is 2. The maximum Gasteiger partial charge on any atom is 0.127 e. The van der Waals surface area contributed by atoms with Crippen LogP contribution in [0.2, 0.25) is 5.02 Å². The summed E-state index contributed by atoms with van der Waals surface area (Å²) in [7, 11) is 0. The average Bonchev–Trinajstić information content (AvgIpc) is 2.11. The van der Waals surface area contributed by atoms with Gasteiger partial charge in [-0.25, -0.2) is 4.39 Å². The van der Waals surface area contributed by atoms with Crippen LogP contribution in [0.3, 0.4) is 0 Å². The van der Waals surface area contributed by atoms with Gasteiger partial charge >= 0.3 is 0 Å². The van der Waals surface area contributed by atoms with Crippen LogP contribution in [-0.4, -0.2) is 11.2 Å². The Hall–Kier alpha value is -0.600. The van der Waals surface area contributed by atoms with Gasteiger partial charge in [0.15, 0.2) is 0 Å². The van der Waals surface area contributed by atoms with Gasteiger partial charge in [-0.2, -0.15) is 0 Å². The summed E-state index contributed by atoms with van der Waals surface area (Å²) in [6.07, 6.45) is 0.00840. The normalized spacial score (nSPS) is 15.2. The zero-order valence-electron chi connectivity index (χ0n) is 8.30. The molecule has 0 aliphatic heterocycles. The van der Waals surface area contributed by atoms with Crippen LogP contribution in [0.1, 0.15) is 19.4 Å². The Labute approximate surface area is 88.5 Å². The smallest absolute Gasteiger partial charge is 0.127 e. The van der Waals surface area contributed by atoms with Crippen molar-refractivity contribution in [3.05, 3.63) is 34.6 Å². The Morgan fingerprint density at radius 3 is 2.57 bits per heavy atom. The fourth-order valence-electron chi connectivity index (χ4n) is 1.22. The van der Waals surface area contributed by atoms with Gasteiger partial charge in [0.25, 0.3) is 0 Å². The van der Waals surface area contributed by atoms with Gasteiger partial charge in [-0.05, 0) is 31.4 Å². The summed E-state index contributed by atoms with van der Waals surface area (Å²) in [5.74, 6) is -0.297. The maximum absolute atomic E-state index is 13.3. The second kappa shape index (κ2) is 4.76. The van der Waals surface area contributed by atoms with E-state index >= 15 is 0 Å². The van der Waals surface area contributed by atoms with Crippen molar-refractivity contribution in [2.75, 3.05) is 0 Å². The first-order valence-corrected chi connectivity index (χ1v) is 5.01. The Bertz CT molecular complexity index is 292. The molecule has 1 N–H and O–H groups in total. The van der Waals surface area contributed by atoms with Gasteiger partial charge in [-0.15, -0.1) is 0 Å². The minimum absolute atomic E-state index is 0.00407. The highest BCUT2D eigenvalue weighted by molar-refractivity contribution is 6.31. The maximum atomic E-state index is 13.3. The molecule has 0 heterocycles. The average molecular weight is 217 g/mol. The van der Waals surface area contributed by atoms with Gasteiger partial charge in [0.05, 0.1) is 6.10 Å². The van der Waals surface area contributed by atoms with Crippen LogP contribution in [0, 0.1) is 11.7 Å². The predicted octanol–water partition coefficient (Wildman–Crippen LogP) is 3.04. The van der Waals surface area contributed by atoms with Gasteiger partial charge in [0.1, 0.15) is 5.82 Å². The molecule has 0 aromatic heterocycles.